The minimum Gasteiger partial charge on any atom is -0.489 e. The lowest BCUT2D eigenvalue weighted by molar-refractivity contribution is -0.120. The van der Waals surface area contributed by atoms with Crippen LogP contribution in [-0.4, -0.2) is 19.0 Å². The van der Waals surface area contributed by atoms with E-state index in [0.29, 0.717) is 12.5 Å². The van der Waals surface area contributed by atoms with Crippen molar-refractivity contribution >= 4 is 24.0 Å². The van der Waals surface area contributed by atoms with Crippen LogP contribution in [0.4, 0.5) is 5.69 Å². The Kier molecular flexibility index (Phi) is 8.34. The lowest BCUT2D eigenvalue weighted by atomic mass is 9.97. The van der Waals surface area contributed by atoms with Gasteiger partial charge in [0.25, 0.3) is 0 Å². The van der Waals surface area contributed by atoms with Crippen LogP contribution < -0.4 is 15.4 Å². The van der Waals surface area contributed by atoms with Crippen LogP contribution in [0.1, 0.15) is 49.3 Å². The fourth-order valence-electron chi connectivity index (χ4n) is 3.42. The van der Waals surface area contributed by atoms with Gasteiger partial charge in [0.1, 0.15) is 12.4 Å². The van der Waals surface area contributed by atoms with E-state index in [9.17, 15) is 4.79 Å². The molecule has 0 saturated carbocycles. The van der Waals surface area contributed by atoms with Crippen molar-refractivity contribution in [3.63, 3.8) is 0 Å². The molecule has 3 rings (SSSR count). The van der Waals surface area contributed by atoms with Crippen molar-refractivity contribution in [3.8, 4) is 5.75 Å². The van der Waals surface area contributed by atoms with Gasteiger partial charge in [-0.15, -0.1) is 12.4 Å². The number of aryl methyl sites for hydroxylation is 1. The molecule has 1 heterocycles. The number of hydrogen-bond donors (Lipinski definition) is 2. The first-order valence-electron chi connectivity index (χ1n) is 9.87. The van der Waals surface area contributed by atoms with Crippen LogP contribution in [0.15, 0.2) is 42.5 Å². The maximum absolute atomic E-state index is 12.3. The van der Waals surface area contributed by atoms with Gasteiger partial charge < -0.3 is 15.4 Å². The molecule has 1 saturated heterocycles. The Balaban J connectivity index is 0.00000280. The second kappa shape index (κ2) is 10.5. The second-order valence-corrected chi connectivity index (χ2v) is 7.70. The van der Waals surface area contributed by atoms with E-state index in [2.05, 4.69) is 49.6 Å². The van der Waals surface area contributed by atoms with Crippen molar-refractivity contribution in [3.05, 3.63) is 59.2 Å². The Morgan fingerprint density at radius 3 is 2.46 bits per heavy atom. The smallest absolute Gasteiger partial charge is 0.227 e. The van der Waals surface area contributed by atoms with Gasteiger partial charge in [0.05, 0.1) is 0 Å². The summed E-state index contributed by atoms with van der Waals surface area (Å²) in [5, 5.41) is 6.33. The molecule has 2 N–H and O–H groups in total. The number of halogens is 1. The van der Waals surface area contributed by atoms with Gasteiger partial charge in [0.15, 0.2) is 0 Å². The number of ether oxygens (including phenoxy) is 1. The number of rotatable bonds is 6. The molecule has 1 fully saturated rings. The van der Waals surface area contributed by atoms with E-state index >= 15 is 0 Å². The lowest BCUT2D eigenvalue weighted by Crippen LogP contribution is -2.34. The molecular weight excluding hydrogens is 372 g/mol. The molecule has 0 bridgehead atoms. The third-order valence-electron chi connectivity index (χ3n) is 5.12. The molecule has 0 radical (unpaired) electrons. The quantitative estimate of drug-likeness (QED) is 0.710. The number of nitrogens with one attached hydrogen (secondary N) is 2. The number of benzene rings is 2. The first-order valence-corrected chi connectivity index (χ1v) is 9.87. The van der Waals surface area contributed by atoms with Crippen LogP contribution in [0, 0.1) is 12.8 Å². The predicted octanol–water partition coefficient (Wildman–Crippen LogP) is 5.06. The summed E-state index contributed by atoms with van der Waals surface area (Å²) in [6.07, 6.45) is 1.82. The van der Waals surface area contributed by atoms with Crippen molar-refractivity contribution in [1.29, 1.82) is 0 Å². The van der Waals surface area contributed by atoms with Crippen LogP contribution >= 0.6 is 12.4 Å². The van der Waals surface area contributed by atoms with E-state index in [1.165, 1.54) is 11.1 Å². The van der Waals surface area contributed by atoms with Crippen molar-refractivity contribution in [2.24, 2.45) is 5.92 Å². The van der Waals surface area contributed by atoms with Crippen LogP contribution in [0.3, 0.4) is 0 Å². The maximum Gasteiger partial charge on any atom is 0.227 e. The highest BCUT2D eigenvalue weighted by atomic mass is 35.5. The van der Waals surface area contributed by atoms with Gasteiger partial charge in [-0.05, 0) is 73.7 Å². The lowest BCUT2D eigenvalue weighted by Gasteiger charge is -2.21. The first kappa shape index (κ1) is 22.3. The summed E-state index contributed by atoms with van der Waals surface area (Å²) in [5.41, 5.74) is 4.36. The summed E-state index contributed by atoms with van der Waals surface area (Å²) >= 11 is 0. The molecule has 2 aromatic rings. The molecule has 152 valence electrons. The Labute approximate surface area is 174 Å². The number of carbonyl (C=O) groups is 1. The van der Waals surface area contributed by atoms with Gasteiger partial charge in [0, 0.05) is 11.6 Å². The summed E-state index contributed by atoms with van der Waals surface area (Å²) in [6.45, 7) is 8.80. The van der Waals surface area contributed by atoms with Crippen LogP contribution in [0.5, 0.6) is 5.75 Å². The number of amides is 1. The topological polar surface area (TPSA) is 50.4 Å². The zero-order valence-corrected chi connectivity index (χ0v) is 17.8. The van der Waals surface area contributed by atoms with Gasteiger partial charge in [-0.1, -0.05) is 38.1 Å². The molecule has 1 aliphatic rings. The molecule has 0 atom stereocenters. The minimum atomic E-state index is 0. The predicted molar refractivity (Wildman–Crippen MR) is 118 cm³/mol. The number of anilines is 1. The number of carbonyl (C=O) groups excluding carboxylic acids is 1. The third kappa shape index (κ3) is 5.98. The molecule has 1 aliphatic heterocycles. The second-order valence-electron chi connectivity index (χ2n) is 7.70. The zero-order chi connectivity index (χ0) is 19.2. The van der Waals surface area contributed by atoms with E-state index in [1.807, 2.05) is 24.3 Å². The molecular formula is C23H31ClN2O2. The van der Waals surface area contributed by atoms with Crippen LogP contribution in [-0.2, 0) is 11.4 Å². The average Bonchev–Trinajstić information content (AvgIpc) is 2.68. The molecule has 4 nitrogen and oxygen atoms in total. The average molecular weight is 403 g/mol. The van der Waals surface area contributed by atoms with Gasteiger partial charge in [-0.2, -0.15) is 0 Å². The SMILES string of the molecule is Cc1ccc(C(C)C)c(OCc2ccc(NC(=O)C3CCNCC3)cc2)c1.Cl. The van der Waals surface area contributed by atoms with Gasteiger partial charge in [-0.25, -0.2) is 0 Å². The number of piperidine rings is 1. The van der Waals surface area contributed by atoms with E-state index < -0.39 is 0 Å². The Morgan fingerprint density at radius 1 is 1.14 bits per heavy atom. The van der Waals surface area contributed by atoms with E-state index in [4.69, 9.17) is 4.74 Å². The molecule has 0 unspecified atom stereocenters. The monoisotopic (exact) mass is 402 g/mol. The Bertz CT molecular complexity index is 769. The molecule has 28 heavy (non-hydrogen) atoms. The number of hydrogen-bond acceptors (Lipinski definition) is 3. The summed E-state index contributed by atoms with van der Waals surface area (Å²) in [6, 6.07) is 14.3. The highest BCUT2D eigenvalue weighted by Gasteiger charge is 2.20. The van der Waals surface area contributed by atoms with Crippen LogP contribution in [0.2, 0.25) is 0 Å². The summed E-state index contributed by atoms with van der Waals surface area (Å²) in [4.78, 5) is 12.3. The minimum absolute atomic E-state index is 0. The highest BCUT2D eigenvalue weighted by molar-refractivity contribution is 5.92. The van der Waals surface area contributed by atoms with E-state index in [1.54, 1.807) is 0 Å². The van der Waals surface area contributed by atoms with Crippen molar-refractivity contribution in [1.82, 2.24) is 5.32 Å². The fraction of sp³-hybridized carbons (Fsp3) is 0.435. The normalized spacial score (nSPS) is 14.4. The van der Waals surface area contributed by atoms with Crippen molar-refractivity contribution < 1.29 is 9.53 Å². The van der Waals surface area contributed by atoms with Crippen LogP contribution in [0.25, 0.3) is 0 Å². The summed E-state index contributed by atoms with van der Waals surface area (Å²) < 4.78 is 6.09. The zero-order valence-electron chi connectivity index (χ0n) is 17.0. The molecule has 1 amide bonds. The standard InChI is InChI=1S/C23H30N2O2.ClH/c1-16(2)21-9-4-17(3)14-22(21)27-15-18-5-7-20(8-6-18)25-23(26)19-10-12-24-13-11-19;/h4-9,14,16,19,24H,10-13,15H2,1-3H3,(H,25,26);1H. The Morgan fingerprint density at radius 2 is 1.82 bits per heavy atom. The fourth-order valence-corrected chi connectivity index (χ4v) is 3.42. The summed E-state index contributed by atoms with van der Waals surface area (Å²) in [7, 11) is 0. The largest absolute Gasteiger partial charge is 0.489 e. The highest BCUT2D eigenvalue weighted by Crippen LogP contribution is 2.28. The third-order valence-corrected chi connectivity index (χ3v) is 5.12. The summed E-state index contributed by atoms with van der Waals surface area (Å²) in [5.74, 6) is 1.62. The van der Waals surface area contributed by atoms with Gasteiger partial charge in [0.2, 0.25) is 5.91 Å². The van der Waals surface area contributed by atoms with Gasteiger partial charge >= 0.3 is 0 Å². The van der Waals surface area contributed by atoms with E-state index in [0.717, 1.165) is 42.9 Å². The van der Waals surface area contributed by atoms with Crippen molar-refractivity contribution in [2.75, 3.05) is 18.4 Å². The van der Waals surface area contributed by atoms with Gasteiger partial charge in [-0.3, -0.25) is 4.79 Å². The first-order chi connectivity index (χ1) is 13.0. The molecule has 5 heteroatoms. The molecule has 0 spiro atoms. The maximum atomic E-state index is 12.3. The molecule has 0 aromatic heterocycles. The van der Waals surface area contributed by atoms with Crippen molar-refractivity contribution in [2.45, 2.75) is 46.1 Å². The van der Waals surface area contributed by atoms with E-state index in [-0.39, 0.29) is 24.2 Å². The Hall–Kier alpha value is -2.04. The molecule has 0 aliphatic carbocycles. The molecule has 2 aromatic carbocycles.